The van der Waals surface area contributed by atoms with Crippen molar-refractivity contribution < 1.29 is 4.79 Å². The highest BCUT2D eigenvalue weighted by Crippen LogP contribution is 2.21. The summed E-state index contributed by atoms with van der Waals surface area (Å²) < 4.78 is 1.02. The second-order valence-electron chi connectivity index (χ2n) is 5.89. The van der Waals surface area contributed by atoms with E-state index in [0.29, 0.717) is 21.3 Å². The van der Waals surface area contributed by atoms with Crippen LogP contribution in [-0.4, -0.2) is 21.9 Å². The summed E-state index contributed by atoms with van der Waals surface area (Å²) in [4.78, 5) is 25.1. The lowest BCUT2D eigenvalue weighted by molar-refractivity contribution is 0.0947. The Kier molecular flexibility index (Phi) is 6.07. The number of benzene rings is 2. The van der Waals surface area contributed by atoms with E-state index in [1.807, 2.05) is 6.07 Å². The summed E-state index contributed by atoms with van der Waals surface area (Å²) in [5.41, 5.74) is 2.71. The van der Waals surface area contributed by atoms with Gasteiger partial charge in [-0.15, -0.1) is 0 Å². The average Bonchev–Trinajstić information content (AvgIpc) is 2.72. The maximum atomic E-state index is 12.6. The van der Waals surface area contributed by atoms with Crippen molar-refractivity contribution in [3.05, 3.63) is 91.3 Å². The van der Waals surface area contributed by atoms with E-state index in [4.69, 9.17) is 23.2 Å². The lowest BCUT2D eigenvalue weighted by Crippen LogP contribution is -2.31. The summed E-state index contributed by atoms with van der Waals surface area (Å²) in [7, 11) is 0. The smallest absolute Gasteiger partial charge is 0.266 e. The first-order chi connectivity index (χ1) is 13.9. The molecule has 0 aliphatic carbocycles. The van der Waals surface area contributed by atoms with E-state index in [1.54, 1.807) is 48.5 Å². The molecule has 1 heterocycles. The van der Waals surface area contributed by atoms with E-state index in [-0.39, 0.29) is 16.8 Å². The number of hydrazone groups is 1. The van der Waals surface area contributed by atoms with E-state index in [2.05, 4.69) is 15.6 Å². The SMILES string of the molecule is Cc1c(C(=O)N/N=C/c2ccc(Cl)c(Cl)c2)nn(-c2ccccc2)c(=O)c1C#N. The fourth-order valence-electron chi connectivity index (χ4n) is 2.51. The van der Waals surface area contributed by atoms with Crippen molar-refractivity contribution >= 4 is 35.3 Å². The minimum absolute atomic E-state index is 0.0868. The molecular formula is C20H13Cl2N5O2. The number of carbonyl (C=O) groups is 1. The number of rotatable bonds is 4. The van der Waals surface area contributed by atoms with Gasteiger partial charge in [0.15, 0.2) is 5.69 Å². The minimum Gasteiger partial charge on any atom is -0.266 e. The van der Waals surface area contributed by atoms with Crippen LogP contribution in [0.25, 0.3) is 5.69 Å². The van der Waals surface area contributed by atoms with Gasteiger partial charge in [-0.1, -0.05) is 47.5 Å². The van der Waals surface area contributed by atoms with Crippen molar-refractivity contribution in [2.24, 2.45) is 5.10 Å². The molecule has 0 saturated heterocycles. The van der Waals surface area contributed by atoms with Crippen molar-refractivity contribution in [1.82, 2.24) is 15.2 Å². The van der Waals surface area contributed by atoms with Crippen molar-refractivity contribution in [1.29, 1.82) is 5.26 Å². The number of hydrogen-bond acceptors (Lipinski definition) is 5. The van der Waals surface area contributed by atoms with Gasteiger partial charge in [-0.05, 0) is 36.8 Å². The number of nitrogens with one attached hydrogen (secondary N) is 1. The monoisotopic (exact) mass is 425 g/mol. The maximum Gasteiger partial charge on any atom is 0.292 e. The summed E-state index contributed by atoms with van der Waals surface area (Å²) in [5, 5.41) is 18.1. The predicted octanol–water partition coefficient (Wildman–Crippen LogP) is 3.48. The number of para-hydroxylation sites is 1. The zero-order valence-corrected chi connectivity index (χ0v) is 16.6. The first kappa shape index (κ1) is 20.3. The predicted molar refractivity (Wildman–Crippen MR) is 111 cm³/mol. The molecule has 0 aliphatic heterocycles. The molecule has 0 saturated carbocycles. The van der Waals surface area contributed by atoms with E-state index in [1.165, 1.54) is 13.1 Å². The highest BCUT2D eigenvalue weighted by Gasteiger charge is 2.20. The van der Waals surface area contributed by atoms with E-state index >= 15 is 0 Å². The molecule has 0 atom stereocenters. The molecule has 0 unspecified atom stereocenters. The molecule has 0 fully saturated rings. The van der Waals surface area contributed by atoms with Crippen LogP contribution in [0.5, 0.6) is 0 Å². The van der Waals surface area contributed by atoms with Crippen LogP contribution in [0.1, 0.15) is 27.2 Å². The van der Waals surface area contributed by atoms with Crippen LogP contribution < -0.4 is 11.0 Å². The van der Waals surface area contributed by atoms with Gasteiger partial charge in [0.1, 0.15) is 11.6 Å². The number of carbonyl (C=O) groups excluding carboxylic acids is 1. The van der Waals surface area contributed by atoms with Gasteiger partial charge in [0.25, 0.3) is 11.5 Å². The van der Waals surface area contributed by atoms with Gasteiger partial charge in [-0.25, -0.2) is 5.43 Å². The van der Waals surface area contributed by atoms with Crippen molar-refractivity contribution in [3.8, 4) is 11.8 Å². The number of nitrogens with zero attached hydrogens (tertiary/aromatic N) is 4. The van der Waals surface area contributed by atoms with Gasteiger partial charge in [-0.2, -0.15) is 20.1 Å². The summed E-state index contributed by atoms with van der Waals surface area (Å²) in [6, 6.07) is 15.2. The molecule has 0 bridgehead atoms. The topological polar surface area (TPSA) is 100 Å². The zero-order chi connectivity index (χ0) is 21.0. The fourth-order valence-corrected chi connectivity index (χ4v) is 2.81. The second kappa shape index (κ2) is 8.69. The van der Waals surface area contributed by atoms with Gasteiger partial charge >= 0.3 is 0 Å². The van der Waals surface area contributed by atoms with Gasteiger partial charge < -0.3 is 0 Å². The molecule has 144 valence electrons. The molecule has 1 N–H and O–H groups in total. The van der Waals surface area contributed by atoms with E-state index in [9.17, 15) is 14.9 Å². The van der Waals surface area contributed by atoms with Crippen LogP contribution in [0.15, 0.2) is 58.4 Å². The molecule has 0 radical (unpaired) electrons. The van der Waals surface area contributed by atoms with Gasteiger partial charge in [-0.3, -0.25) is 9.59 Å². The highest BCUT2D eigenvalue weighted by atomic mass is 35.5. The zero-order valence-electron chi connectivity index (χ0n) is 15.1. The Morgan fingerprint density at radius 2 is 1.93 bits per heavy atom. The van der Waals surface area contributed by atoms with Crippen molar-refractivity contribution in [2.45, 2.75) is 6.92 Å². The number of hydrogen-bond donors (Lipinski definition) is 1. The molecule has 9 heteroatoms. The first-order valence-corrected chi connectivity index (χ1v) is 9.06. The number of nitriles is 1. The van der Waals surface area contributed by atoms with Crippen LogP contribution in [0.3, 0.4) is 0 Å². The quantitative estimate of drug-likeness (QED) is 0.510. The van der Waals surface area contributed by atoms with Crippen molar-refractivity contribution in [2.75, 3.05) is 0 Å². The molecule has 29 heavy (non-hydrogen) atoms. The Balaban J connectivity index is 1.94. The summed E-state index contributed by atoms with van der Waals surface area (Å²) in [5.74, 6) is -0.667. The Bertz CT molecular complexity index is 1210. The molecule has 7 nitrogen and oxygen atoms in total. The first-order valence-electron chi connectivity index (χ1n) is 8.30. The van der Waals surface area contributed by atoms with Gasteiger partial charge in [0.05, 0.1) is 21.9 Å². The molecule has 0 aliphatic rings. The number of aromatic nitrogens is 2. The number of halogens is 2. The lowest BCUT2D eigenvalue weighted by Gasteiger charge is -2.10. The Morgan fingerprint density at radius 3 is 2.59 bits per heavy atom. The van der Waals surface area contributed by atoms with Crippen LogP contribution in [0, 0.1) is 18.3 Å². The largest absolute Gasteiger partial charge is 0.292 e. The van der Waals surface area contributed by atoms with Gasteiger partial charge in [0.2, 0.25) is 0 Å². The Labute approximate surface area is 175 Å². The molecule has 1 amide bonds. The standard InChI is InChI=1S/C20H13Cl2N5O2/c1-12-15(10-23)20(29)27(14-5-3-2-4-6-14)26-18(12)19(28)25-24-11-13-7-8-16(21)17(22)9-13/h2-9,11H,1H3,(H,25,28)/b24-11+. The van der Waals surface area contributed by atoms with Crippen LogP contribution in [-0.2, 0) is 0 Å². The molecule has 2 aromatic carbocycles. The third-order valence-corrected chi connectivity index (χ3v) is 4.73. The van der Waals surface area contributed by atoms with E-state index < -0.39 is 11.5 Å². The van der Waals surface area contributed by atoms with Gasteiger partial charge in [0, 0.05) is 5.56 Å². The average molecular weight is 426 g/mol. The third-order valence-electron chi connectivity index (χ3n) is 3.99. The Hall–Kier alpha value is -3.47. The van der Waals surface area contributed by atoms with Crippen LogP contribution in [0.4, 0.5) is 0 Å². The third kappa shape index (κ3) is 4.35. The van der Waals surface area contributed by atoms with Crippen molar-refractivity contribution in [3.63, 3.8) is 0 Å². The molecule has 3 rings (SSSR count). The minimum atomic E-state index is -0.667. The lowest BCUT2D eigenvalue weighted by atomic mass is 10.1. The normalized spacial score (nSPS) is 10.7. The molecular weight excluding hydrogens is 413 g/mol. The molecule has 0 spiro atoms. The summed E-state index contributed by atoms with van der Waals surface area (Å²) in [6.45, 7) is 1.49. The Morgan fingerprint density at radius 1 is 1.21 bits per heavy atom. The van der Waals surface area contributed by atoms with Crippen LogP contribution in [0.2, 0.25) is 10.0 Å². The van der Waals surface area contributed by atoms with E-state index in [0.717, 1.165) is 4.68 Å². The summed E-state index contributed by atoms with van der Waals surface area (Å²) >= 11 is 11.8. The number of amides is 1. The summed E-state index contributed by atoms with van der Waals surface area (Å²) in [6.07, 6.45) is 1.38. The highest BCUT2D eigenvalue weighted by molar-refractivity contribution is 6.42. The van der Waals surface area contributed by atoms with Crippen LogP contribution >= 0.6 is 23.2 Å². The fraction of sp³-hybridized carbons (Fsp3) is 0.0500. The molecule has 1 aromatic heterocycles. The maximum absolute atomic E-state index is 12.6. The second-order valence-corrected chi connectivity index (χ2v) is 6.70. The molecule has 3 aromatic rings.